The van der Waals surface area contributed by atoms with Crippen LogP contribution in [0.1, 0.15) is 12.5 Å². The molecule has 5 heteroatoms. The van der Waals surface area contributed by atoms with Crippen LogP contribution in [-0.4, -0.2) is 11.0 Å². The molecule has 0 aromatic heterocycles. The van der Waals surface area contributed by atoms with Crippen LogP contribution < -0.4 is 16.4 Å². The number of thiocarbonyl (C=S) groups is 1. The summed E-state index contributed by atoms with van der Waals surface area (Å²) in [7, 11) is 0. The molecule has 0 aliphatic heterocycles. The van der Waals surface area contributed by atoms with Gasteiger partial charge in [-0.3, -0.25) is 4.79 Å². The van der Waals surface area contributed by atoms with E-state index in [9.17, 15) is 4.79 Å². The van der Waals surface area contributed by atoms with E-state index >= 15 is 0 Å². The second-order valence-corrected chi connectivity index (χ2v) is 3.62. The van der Waals surface area contributed by atoms with Gasteiger partial charge < -0.3 is 16.4 Å². The van der Waals surface area contributed by atoms with Crippen LogP contribution in [0.3, 0.4) is 0 Å². The lowest BCUT2D eigenvalue weighted by Gasteiger charge is -2.10. The largest absolute Gasteiger partial charge is 0.399 e. The van der Waals surface area contributed by atoms with E-state index in [1.54, 1.807) is 6.07 Å². The molecule has 1 aromatic rings. The summed E-state index contributed by atoms with van der Waals surface area (Å²) in [5, 5.41) is 5.68. The van der Waals surface area contributed by atoms with Gasteiger partial charge in [-0.25, -0.2) is 0 Å². The van der Waals surface area contributed by atoms with E-state index in [1.165, 1.54) is 6.92 Å². The average molecular weight is 223 g/mol. The number of nitrogens with two attached hydrogens (primary N) is 1. The van der Waals surface area contributed by atoms with Crippen molar-refractivity contribution in [1.82, 2.24) is 5.32 Å². The number of hydrogen-bond donors (Lipinski definition) is 3. The molecular weight excluding hydrogens is 210 g/mol. The number of amides is 1. The highest BCUT2D eigenvalue weighted by Crippen LogP contribution is 2.17. The summed E-state index contributed by atoms with van der Waals surface area (Å²) < 4.78 is 0. The molecule has 0 unspecified atom stereocenters. The van der Waals surface area contributed by atoms with Crippen LogP contribution in [0.2, 0.25) is 0 Å². The predicted octanol–water partition coefficient (Wildman–Crippen LogP) is 1.41. The quantitative estimate of drug-likeness (QED) is 0.497. The zero-order chi connectivity index (χ0) is 11.4. The molecule has 0 aliphatic rings. The summed E-state index contributed by atoms with van der Waals surface area (Å²) in [6.07, 6.45) is 0. The van der Waals surface area contributed by atoms with E-state index in [2.05, 4.69) is 10.6 Å². The number of aryl methyl sites for hydroxylation is 1. The molecule has 0 fully saturated rings. The third-order valence-electron chi connectivity index (χ3n) is 1.79. The van der Waals surface area contributed by atoms with Gasteiger partial charge in [0.15, 0.2) is 5.11 Å². The molecule has 0 saturated carbocycles. The Hall–Kier alpha value is -1.62. The summed E-state index contributed by atoms with van der Waals surface area (Å²) in [5.41, 5.74) is 8.12. The highest BCUT2D eigenvalue weighted by molar-refractivity contribution is 7.80. The summed E-state index contributed by atoms with van der Waals surface area (Å²) in [5.74, 6) is -0.194. The van der Waals surface area contributed by atoms with Crippen molar-refractivity contribution in [3.63, 3.8) is 0 Å². The number of benzene rings is 1. The van der Waals surface area contributed by atoms with Crippen molar-refractivity contribution < 1.29 is 4.79 Å². The number of nitrogen functional groups attached to an aromatic ring is 1. The van der Waals surface area contributed by atoms with E-state index in [4.69, 9.17) is 18.0 Å². The number of anilines is 2. The summed E-state index contributed by atoms with van der Waals surface area (Å²) >= 11 is 4.93. The number of hydrogen-bond acceptors (Lipinski definition) is 3. The van der Waals surface area contributed by atoms with Gasteiger partial charge in [0.25, 0.3) is 0 Å². The van der Waals surface area contributed by atoms with Crippen molar-refractivity contribution in [3.05, 3.63) is 23.8 Å². The maximum atomic E-state index is 10.7. The van der Waals surface area contributed by atoms with Crippen molar-refractivity contribution in [2.24, 2.45) is 0 Å². The van der Waals surface area contributed by atoms with Crippen molar-refractivity contribution in [3.8, 4) is 0 Å². The van der Waals surface area contributed by atoms with Gasteiger partial charge in [0.2, 0.25) is 5.91 Å². The molecule has 1 amide bonds. The molecule has 4 nitrogen and oxygen atoms in total. The van der Waals surface area contributed by atoms with Gasteiger partial charge in [-0.15, -0.1) is 0 Å². The first-order valence-electron chi connectivity index (χ1n) is 4.43. The fourth-order valence-electron chi connectivity index (χ4n) is 1.14. The maximum Gasteiger partial charge on any atom is 0.222 e. The van der Waals surface area contributed by atoms with Crippen molar-refractivity contribution in [2.45, 2.75) is 13.8 Å². The van der Waals surface area contributed by atoms with Crippen LogP contribution in [0.25, 0.3) is 0 Å². The molecular formula is C10H13N3OS. The van der Waals surface area contributed by atoms with Crippen molar-refractivity contribution in [2.75, 3.05) is 11.1 Å². The monoisotopic (exact) mass is 223 g/mol. The molecule has 0 atom stereocenters. The first-order valence-corrected chi connectivity index (χ1v) is 4.84. The van der Waals surface area contributed by atoms with E-state index in [-0.39, 0.29) is 11.0 Å². The number of carbonyl (C=O) groups excluding carboxylic acids is 1. The first kappa shape index (κ1) is 11.5. The van der Waals surface area contributed by atoms with Gasteiger partial charge in [-0.2, -0.15) is 0 Å². The Bertz CT molecular complexity index is 404. The Balaban J connectivity index is 2.72. The highest BCUT2D eigenvalue weighted by Gasteiger charge is 2.02. The van der Waals surface area contributed by atoms with Crippen LogP contribution in [0, 0.1) is 6.92 Å². The standard InChI is InChI=1S/C10H13N3OS/c1-6-5-8(11)3-4-9(6)13-10(15)12-7(2)14/h3-5H,11H2,1-2H3,(H2,12,13,14,15). The Morgan fingerprint density at radius 3 is 2.67 bits per heavy atom. The van der Waals surface area contributed by atoms with Gasteiger partial charge >= 0.3 is 0 Å². The van der Waals surface area contributed by atoms with E-state index < -0.39 is 0 Å². The third kappa shape index (κ3) is 3.55. The molecule has 4 N–H and O–H groups in total. The molecule has 0 bridgehead atoms. The minimum absolute atomic E-state index is 0.194. The lowest BCUT2D eigenvalue weighted by Crippen LogP contribution is -2.32. The van der Waals surface area contributed by atoms with Crippen LogP contribution >= 0.6 is 12.2 Å². The summed E-state index contributed by atoms with van der Waals surface area (Å²) in [6.45, 7) is 3.32. The van der Waals surface area contributed by atoms with Crippen LogP contribution in [-0.2, 0) is 4.79 Å². The van der Waals surface area contributed by atoms with Crippen molar-refractivity contribution in [1.29, 1.82) is 0 Å². The van der Waals surface area contributed by atoms with E-state index in [0.29, 0.717) is 5.69 Å². The molecule has 1 aromatic carbocycles. The normalized spacial score (nSPS) is 9.47. The van der Waals surface area contributed by atoms with Gasteiger partial charge in [0, 0.05) is 18.3 Å². The molecule has 1 rings (SSSR count). The van der Waals surface area contributed by atoms with Gasteiger partial charge in [0.05, 0.1) is 0 Å². The highest BCUT2D eigenvalue weighted by atomic mass is 32.1. The average Bonchev–Trinajstić information content (AvgIpc) is 2.08. The number of carbonyl (C=O) groups is 1. The third-order valence-corrected chi connectivity index (χ3v) is 1.99. The second-order valence-electron chi connectivity index (χ2n) is 3.21. The lowest BCUT2D eigenvalue weighted by molar-refractivity contribution is -0.117. The maximum absolute atomic E-state index is 10.7. The van der Waals surface area contributed by atoms with Crippen molar-refractivity contribution >= 4 is 34.6 Å². The Morgan fingerprint density at radius 2 is 2.13 bits per heavy atom. The SMILES string of the molecule is CC(=O)NC(=S)Nc1ccc(N)cc1C. The van der Waals surface area contributed by atoms with E-state index in [1.807, 2.05) is 19.1 Å². The van der Waals surface area contributed by atoms with Crippen LogP contribution in [0.15, 0.2) is 18.2 Å². The number of rotatable bonds is 1. The molecule has 0 spiro atoms. The molecule has 80 valence electrons. The Morgan fingerprint density at radius 1 is 1.47 bits per heavy atom. The number of nitrogens with one attached hydrogen (secondary N) is 2. The fraction of sp³-hybridized carbons (Fsp3) is 0.200. The van der Waals surface area contributed by atoms with Gasteiger partial charge in [0.1, 0.15) is 0 Å². The Labute approximate surface area is 93.9 Å². The van der Waals surface area contributed by atoms with E-state index in [0.717, 1.165) is 11.3 Å². The molecule has 0 saturated heterocycles. The second kappa shape index (κ2) is 4.75. The first-order chi connectivity index (χ1) is 6.99. The van der Waals surface area contributed by atoms with Crippen LogP contribution in [0.5, 0.6) is 0 Å². The lowest BCUT2D eigenvalue weighted by atomic mass is 10.2. The molecule has 0 radical (unpaired) electrons. The van der Waals surface area contributed by atoms with Gasteiger partial charge in [-0.05, 0) is 42.9 Å². The molecule has 0 aliphatic carbocycles. The smallest absolute Gasteiger partial charge is 0.222 e. The minimum Gasteiger partial charge on any atom is -0.399 e. The summed E-state index contributed by atoms with van der Waals surface area (Å²) in [6, 6.07) is 5.42. The molecule has 0 heterocycles. The Kier molecular flexibility index (Phi) is 3.62. The van der Waals surface area contributed by atoms with Gasteiger partial charge in [-0.1, -0.05) is 0 Å². The zero-order valence-corrected chi connectivity index (χ0v) is 9.44. The fourth-order valence-corrected chi connectivity index (χ4v) is 1.39. The molecule has 15 heavy (non-hydrogen) atoms. The predicted molar refractivity (Wildman–Crippen MR) is 65.6 cm³/mol. The summed E-state index contributed by atoms with van der Waals surface area (Å²) in [4.78, 5) is 10.7. The minimum atomic E-state index is -0.194. The van der Waals surface area contributed by atoms with Crippen LogP contribution in [0.4, 0.5) is 11.4 Å². The zero-order valence-electron chi connectivity index (χ0n) is 8.63. The topological polar surface area (TPSA) is 67.2 Å².